The maximum absolute atomic E-state index is 8.96. The lowest BCUT2D eigenvalue weighted by molar-refractivity contribution is 0.828. The summed E-state index contributed by atoms with van der Waals surface area (Å²) in [4.78, 5) is 0. The van der Waals surface area contributed by atoms with Crippen molar-refractivity contribution < 1.29 is 0 Å². The van der Waals surface area contributed by atoms with Crippen LogP contribution >= 0.6 is 0 Å². The molecule has 0 aromatic heterocycles. The number of nitriles is 2. The molecule has 1 aromatic carbocycles. The summed E-state index contributed by atoms with van der Waals surface area (Å²) in [6.07, 6.45) is 3.00. The smallest absolute Gasteiger partial charge is 0.102 e. The zero-order valence-corrected chi connectivity index (χ0v) is 9.25. The molecule has 2 heteroatoms. The van der Waals surface area contributed by atoms with Crippen molar-refractivity contribution >= 4 is 0 Å². The first-order valence-corrected chi connectivity index (χ1v) is 5.25. The van der Waals surface area contributed by atoms with E-state index in [1.807, 2.05) is 12.1 Å². The van der Waals surface area contributed by atoms with Crippen LogP contribution in [0.1, 0.15) is 42.9 Å². The molecule has 0 bridgehead atoms. The molecule has 1 rings (SSSR count). The van der Waals surface area contributed by atoms with Crippen molar-refractivity contribution in [2.45, 2.75) is 26.2 Å². The molecule has 0 saturated carbocycles. The zero-order chi connectivity index (χ0) is 11.8. The van der Waals surface area contributed by atoms with E-state index in [0.29, 0.717) is 16.7 Å². The molecule has 0 aliphatic heterocycles. The minimum Gasteiger partial charge on any atom is -0.192 e. The summed E-state index contributed by atoms with van der Waals surface area (Å²) in [5.41, 5.74) is 1.43. The van der Waals surface area contributed by atoms with E-state index in [1.54, 1.807) is 18.2 Å². The standard InChI is InChI=1S/C14H12N2/c1-2-3-4-5-7-12-8-6-9-13(10-15)14(12)11-16/h6,8-9H,2-4H2,1H3. The van der Waals surface area contributed by atoms with Crippen molar-refractivity contribution in [2.75, 3.05) is 0 Å². The highest BCUT2D eigenvalue weighted by Gasteiger charge is 2.04. The van der Waals surface area contributed by atoms with E-state index in [2.05, 4.69) is 18.8 Å². The van der Waals surface area contributed by atoms with Crippen LogP contribution in [0, 0.1) is 34.5 Å². The number of nitrogens with zero attached hydrogens (tertiary/aromatic N) is 2. The van der Waals surface area contributed by atoms with E-state index in [-0.39, 0.29) is 0 Å². The Hall–Kier alpha value is -2.24. The molecule has 0 radical (unpaired) electrons. The first-order chi connectivity index (χ1) is 7.83. The highest BCUT2D eigenvalue weighted by molar-refractivity contribution is 5.56. The number of unbranched alkanes of at least 4 members (excludes halogenated alkanes) is 2. The zero-order valence-electron chi connectivity index (χ0n) is 9.25. The Kier molecular flexibility index (Phi) is 4.65. The average molecular weight is 208 g/mol. The Balaban J connectivity index is 3.01. The molecule has 0 unspecified atom stereocenters. The van der Waals surface area contributed by atoms with Gasteiger partial charge in [0.25, 0.3) is 0 Å². The molecule has 0 spiro atoms. The van der Waals surface area contributed by atoms with E-state index < -0.39 is 0 Å². The van der Waals surface area contributed by atoms with Gasteiger partial charge in [0.05, 0.1) is 11.1 Å². The molecule has 0 aliphatic carbocycles. The van der Waals surface area contributed by atoms with Gasteiger partial charge in [0.2, 0.25) is 0 Å². The van der Waals surface area contributed by atoms with Crippen molar-refractivity contribution in [3.05, 3.63) is 34.9 Å². The summed E-state index contributed by atoms with van der Waals surface area (Å²) in [5.74, 6) is 5.97. The van der Waals surface area contributed by atoms with E-state index in [9.17, 15) is 0 Å². The summed E-state index contributed by atoms with van der Waals surface area (Å²) in [5, 5.41) is 17.8. The Morgan fingerprint density at radius 1 is 1.12 bits per heavy atom. The lowest BCUT2D eigenvalue weighted by atomic mass is 10.0. The molecule has 0 saturated heterocycles. The second-order valence-electron chi connectivity index (χ2n) is 3.36. The van der Waals surface area contributed by atoms with Crippen molar-refractivity contribution in [2.24, 2.45) is 0 Å². The Labute approximate surface area is 96.1 Å². The van der Waals surface area contributed by atoms with E-state index in [0.717, 1.165) is 19.3 Å². The highest BCUT2D eigenvalue weighted by atomic mass is 14.3. The van der Waals surface area contributed by atoms with Gasteiger partial charge in [-0.25, -0.2) is 0 Å². The largest absolute Gasteiger partial charge is 0.192 e. The molecular weight excluding hydrogens is 196 g/mol. The molecule has 0 fully saturated rings. The normalized spacial score (nSPS) is 8.44. The van der Waals surface area contributed by atoms with Crippen LogP contribution in [0.3, 0.4) is 0 Å². The van der Waals surface area contributed by atoms with Gasteiger partial charge in [-0.15, -0.1) is 0 Å². The molecule has 2 nitrogen and oxygen atoms in total. The summed E-state index contributed by atoms with van der Waals surface area (Å²) in [6.45, 7) is 2.11. The Morgan fingerprint density at radius 2 is 1.88 bits per heavy atom. The SMILES string of the molecule is CCCCC#Cc1cccc(C#N)c1C#N. The number of benzene rings is 1. The van der Waals surface area contributed by atoms with Gasteiger partial charge in [-0.05, 0) is 18.6 Å². The van der Waals surface area contributed by atoms with Crippen molar-refractivity contribution in [3.63, 3.8) is 0 Å². The molecular formula is C14H12N2. The maximum Gasteiger partial charge on any atom is 0.102 e. The highest BCUT2D eigenvalue weighted by Crippen LogP contribution is 2.11. The summed E-state index contributed by atoms with van der Waals surface area (Å²) < 4.78 is 0. The summed E-state index contributed by atoms with van der Waals surface area (Å²) >= 11 is 0. The fourth-order valence-corrected chi connectivity index (χ4v) is 1.29. The second kappa shape index (κ2) is 6.28. The van der Waals surface area contributed by atoms with Crippen LogP contribution in [0.15, 0.2) is 18.2 Å². The molecule has 16 heavy (non-hydrogen) atoms. The number of hydrogen-bond acceptors (Lipinski definition) is 2. The van der Waals surface area contributed by atoms with Crippen molar-refractivity contribution in [1.29, 1.82) is 10.5 Å². The van der Waals surface area contributed by atoms with Crippen LogP contribution in [-0.4, -0.2) is 0 Å². The van der Waals surface area contributed by atoms with Gasteiger partial charge >= 0.3 is 0 Å². The number of rotatable bonds is 2. The van der Waals surface area contributed by atoms with Gasteiger partial charge in [-0.3, -0.25) is 0 Å². The van der Waals surface area contributed by atoms with Crippen LogP contribution in [0.2, 0.25) is 0 Å². The quantitative estimate of drug-likeness (QED) is 0.554. The first kappa shape index (κ1) is 11.8. The number of hydrogen-bond donors (Lipinski definition) is 0. The molecule has 0 heterocycles. The van der Waals surface area contributed by atoms with Gasteiger partial charge in [0.15, 0.2) is 0 Å². The topological polar surface area (TPSA) is 47.6 Å². The summed E-state index contributed by atoms with van der Waals surface area (Å²) in [6, 6.07) is 9.19. The molecule has 0 N–H and O–H groups in total. The van der Waals surface area contributed by atoms with Gasteiger partial charge in [-0.2, -0.15) is 10.5 Å². The van der Waals surface area contributed by atoms with Crippen molar-refractivity contribution in [1.82, 2.24) is 0 Å². The van der Waals surface area contributed by atoms with E-state index in [4.69, 9.17) is 10.5 Å². The molecule has 78 valence electrons. The molecule has 0 atom stereocenters. The Morgan fingerprint density at radius 3 is 2.50 bits per heavy atom. The lowest BCUT2D eigenvalue weighted by Gasteiger charge is -1.96. The predicted molar refractivity (Wildman–Crippen MR) is 62.3 cm³/mol. The van der Waals surface area contributed by atoms with Crippen LogP contribution in [0.4, 0.5) is 0 Å². The van der Waals surface area contributed by atoms with Crippen LogP contribution < -0.4 is 0 Å². The van der Waals surface area contributed by atoms with Gasteiger partial charge in [0.1, 0.15) is 12.1 Å². The van der Waals surface area contributed by atoms with E-state index in [1.165, 1.54) is 0 Å². The maximum atomic E-state index is 8.96. The minimum absolute atomic E-state index is 0.383. The van der Waals surface area contributed by atoms with Crippen LogP contribution in [-0.2, 0) is 0 Å². The third kappa shape index (κ3) is 2.88. The molecule has 0 amide bonds. The van der Waals surface area contributed by atoms with Crippen LogP contribution in [0.25, 0.3) is 0 Å². The third-order valence-electron chi connectivity index (χ3n) is 2.18. The predicted octanol–water partition coefficient (Wildman–Crippen LogP) is 2.97. The molecule has 1 aromatic rings. The van der Waals surface area contributed by atoms with Gasteiger partial charge in [0, 0.05) is 12.0 Å². The van der Waals surface area contributed by atoms with Crippen molar-refractivity contribution in [3.8, 4) is 24.0 Å². The summed E-state index contributed by atoms with van der Waals surface area (Å²) in [7, 11) is 0. The minimum atomic E-state index is 0.383. The first-order valence-electron chi connectivity index (χ1n) is 5.25. The van der Waals surface area contributed by atoms with Gasteiger partial charge in [-0.1, -0.05) is 31.3 Å². The fourth-order valence-electron chi connectivity index (χ4n) is 1.29. The van der Waals surface area contributed by atoms with E-state index >= 15 is 0 Å². The van der Waals surface area contributed by atoms with Crippen LogP contribution in [0.5, 0.6) is 0 Å². The Bertz CT molecular complexity index is 504. The van der Waals surface area contributed by atoms with Gasteiger partial charge < -0.3 is 0 Å². The second-order valence-corrected chi connectivity index (χ2v) is 3.36. The lowest BCUT2D eigenvalue weighted by Crippen LogP contribution is -1.88. The molecule has 0 aliphatic rings. The third-order valence-corrected chi connectivity index (χ3v) is 2.18. The fraction of sp³-hybridized carbons (Fsp3) is 0.286. The average Bonchev–Trinajstić information content (AvgIpc) is 2.34. The monoisotopic (exact) mass is 208 g/mol.